The number of hydrogen-bond donors (Lipinski definition) is 1. The number of carbonyl (C=O) groups is 2. The predicted molar refractivity (Wildman–Crippen MR) is 115 cm³/mol. The van der Waals surface area contributed by atoms with Gasteiger partial charge in [0.05, 0.1) is 0 Å². The van der Waals surface area contributed by atoms with Gasteiger partial charge in [-0.3, -0.25) is 14.5 Å². The van der Waals surface area contributed by atoms with Gasteiger partial charge in [-0.15, -0.1) is 5.10 Å². The molecule has 29 heavy (non-hydrogen) atoms. The highest BCUT2D eigenvalue weighted by Crippen LogP contribution is 2.31. The van der Waals surface area contributed by atoms with Crippen LogP contribution in [0.3, 0.4) is 0 Å². The monoisotopic (exact) mass is 428 g/mol. The topological polar surface area (TPSA) is 75.2 Å². The average molecular weight is 429 g/mol. The summed E-state index contributed by atoms with van der Waals surface area (Å²) in [5, 5.41) is 9.00. The first kappa shape index (κ1) is 21.0. The van der Waals surface area contributed by atoms with E-state index in [0.29, 0.717) is 16.3 Å². The third kappa shape index (κ3) is 5.19. The minimum absolute atomic E-state index is 0.175. The Hall–Kier alpha value is -2.77. The fourth-order valence-corrected chi connectivity index (χ4v) is 3.41. The Morgan fingerprint density at radius 2 is 1.72 bits per heavy atom. The van der Waals surface area contributed by atoms with Gasteiger partial charge in [0, 0.05) is 21.6 Å². The molecule has 1 atom stereocenters. The lowest BCUT2D eigenvalue weighted by Crippen LogP contribution is -2.49. The van der Waals surface area contributed by atoms with E-state index in [1.54, 1.807) is 29.6 Å². The molecule has 0 unspecified atom stereocenters. The van der Waals surface area contributed by atoms with Crippen molar-refractivity contribution in [1.82, 2.24) is 14.9 Å². The molecule has 2 amide bonds. The Labute approximate surface area is 178 Å². The Bertz CT molecular complexity index is 970. The average Bonchev–Trinajstić information content (AvgIpc) is 3.20. The highest BCUT2D eigenvalue weighted by Gasteiger charge is 2.35. The Morgan fingerprint density at radius 1 is 1.07 bits per heavy atom. The van der Waals surface area contributed by atoms with Crippen LogP contribution in [0.1, 0.15) is 42.9 Å². The van der Waals surface area contributed by atoms with E-state index in [4.69, 9.17) is 11.6 Å². The van der Waals surface area contributed by atoms with Gasteiger partial charge >= 0.3 is 0 Å². The van der Waals surface area contributed by atoms with Crippen LogP contribution in [-0.4, -0.2) is 26.9 Å². The van der Waals surface area contributed by atoms with Crippen molar-refractivity contribution < 1.29 is 9.59 Å². The van der Waals surface area contributed by atoms with Gasteiger partial charge in [0.15, 0.2) is 5.69 Å². The molecule has 2 aromatic carbocycles. The van der Waals surface area contributed by atoms with Crippen molar-refractivity contribution in [3.05, 3.63) is 76.3 Å². The Kier molecular flexibility index (Phi) is 6.30. The summed E-state index contributed by atoms with van der Waals surface area (Å²) in [6.07, 6.45) is 0. The van der Waals surface area contributed by atoms with Crippen LogP contribution in [0.15, 0.2) is 60.0 Å². The normalized spacial score (nSPS) is 12.3. The maximum absolute atomic E-state index is 13.4. The van der Waals surface area contributed by atoms with Crippen molar-refractivity contribution in [2.75, 3.05) is 4.90 Å². The summed E-state index contributed by atoms with van der Waals surface area (Å²) in [5.41, 5.74) is 0.918. The molecule has 0 saturated heterocycles. The molecule has 0 aliphatic carbocycles. The number of halogens is 1. The van der Waals surface area contributed by atoms with Crippen molar-refractivity contribution in [1.29, 1.82) is 0 Å². The highest BCUT2D eigenvalue weighted by molar-refractivity contribution is 7.03. The van der Waals surface area contributed by atoms with E-state index in [1.165, 1.54) is 4.90 Å². The summed E-state index contributed by atoms with van der Waals surface area (Å²) in [5.74, 6) is -0.714. The van der Waals surface area contributed by atoms with Gasteiger partial charge < -0.3 is 5.32 Å². The van der Waals surface area contributed by atoms with Crippen molar-refractivity contribution >= 4 is 40.6 Å². The third-order valence-electron chi connectivity index (χ3n) is 4.02. The van der Waals surface area contributed by atoms with Crippen LogP contribution in [0.25, 0.3) is 0 Å². The maximum Gasteiger partial charge on any atom is 0.280 e. The van der Waals surface area contributed by atoms with E-state index in [0.717, 1.165) is 11.5 Å². The standard InChI is InChI=1S/C21H21ClN4O2S/c1-21(2,3)23-19(27)18(14-7-5-4-6-8-14)26(16-11-9-15(22)10-12-16)20(28)17-13-29-25-24-17/h4-13,18H,1-3H3,(H,23,27)/t18-/m1/s1. The molecule has 3 aromatic rings. The molecule has 1 aromatic heterocycles. The zero-order valence-electron chi connectivity index (χ0n) is 16.3. The molecule has 0 radical (unpaired) electrons. The minimum Gasteiger partial charge on any atom is -0.349 e. The van der Waals surface area contributed by atoms with Crippen molar-refractivity contribution in [3.8, 4) is 0 Å². The van der Waals surface area contributed by atoms with Crippen molar-refractivity contribution in [2.24, 2.45) is 0 Å². The molecule has 0 fully saturated rings. The fourth-order valence-electron chi connectivity index (χ4n) is 2.86. The lowest BCUT2D eigenvalue weighted by molar-refractivity contribution is -0.123. The zero-order valence-corrected chi connectivity index (χ0v) is 17.9. The van der Waals surface area contributed by atoms with Gasteiger partial charge in [0.1, 0.15) is 6.04 Å². The molecule has 8 heteroatoms. The van der Waals surface area contributed by atoms with Crippen LogP contribution < -0.4 is 10.2 Å². The van der Waals surface area contributed by atoms with Crippen LogP contribution in [0, 0.1) is 0 Å². The predicted octanol–water partition coefficient (Wildman–Crippen LogP) is 4.49. The second-order valence-corrected chi connectivity index (χ2v) is 8.54. The number of rotatable bonds is 5. The van der Waals surface area contributed by atoms with E-state index in [2.05, 4.69) is 14.9 Å². The quantitative estimate of drug-likeness (QED) is 0.649. The number of benzene rings is 2. The molecule has 1 heterocycles. The van der Waals surface area contributed by atoms with Gasteiger partial charge in [0.2, 0.25) is 5.91 Å². The molecule has 1 N–H and O–H groups in total. The second kappa shape index (κ2) is 8.71. The van der Waals surface area contributed by atoms with E-state index < -0.39 is 17.5 Å². The third-order valence-corrected chi connectivity index (χ3v) is 4.78. The van der Waals surface area contributed by atoms with Crippen molar-refractivity contribution in [2.45, 2.75) is 32.4 Å². The SMILES string of the molecule is CC(C)(C)NC(=O)[C@@H](c1ccccc1)N(C(=O)c1csnn1)c1ccc(Cl)cc1. The number of amides is 2. The molecule has 0 spiro atoms. The molecule has 0 aliphatic rings. The van der Waals surface area contributed by atoms with Gasteiger partial charge in [-0.25, -0.2) is 0 Å². The van der Waals surface area contributed by atoms with Gasteiger partial charge in [-0.2, -0.15) is 0 Å². The smallest absolute Gasteiger partial charge is 0.280 e. The second-order valence-electron chi connectivity index (χ2n) is 7.49. The van der Waals surface area contributed by atoms with Crippen LogP contribution in [0.5, 0.6) is 0 Å². The summed E-state index contributed by atoms with van der Waals surface area (Å²) in [4.78, 5) is 28.2. The van der Waals surface area contributed by atoms with Crippen molar-refractivity contribution in [3.63, 3.8) is 0 Å². The lowest BCUT2D eigenvalue weighted by atomic mass is 10.0. The minimum atomic E-state index is -0.897. The molecule has 3 rings (SSSR count). The number of nitrogens with zero attached hydrogens (tertiary/aromatic N) is 3. The number of hydrogen-bond acceptors (Lipinski definition) is 5. The summed E-state index contributed by atoms with van der Waals surface area (Å²) >= 11 is 7.12. The van der Waals surface area contributed by atoms with E-state index in [9.17, 15) is 9.59 Å². The molecule has 150 valence electrons. The van der Waals surface area contributed by atoms with Crippen LogP contribution in [0.2, 0.25) is 5.02 Å². The van der Waals surface area contributed by atoms with Gasteiger partial charge in [-0.05, 0) is 62.1 Å². The number of carbonyl (C=O) groups excluding carboxylic acids is 2. The van der Waals surface area contributed by atoms with Crippen LogP contribution in [0.4, 0.5) is 5.69 Å². The van der Waals surface area contributed by atoms with Crippen LogP contribution in [-0.2, 0) is 4.79 Å². The molecule has 0 saturated carbocycles. The fraction of sp³-hybridized carbons (Fsp3) is 0.238. The van der Waals surface area contributed by atoms with Gasteiger partial charge in [0.25, 0.3) is 5.91 Å². The summed E-state index contributed by atoms with van der Waals surface area (Å²) in [6, 6.07) is 15.1. The van der Waals surface area contributed by atoms with Gasteiger partial charge in [-0.1, -0.05) is 46.4 Å². The Morgan fingerprint density at radius 3 is 2.28 bits per heavy atom. The molecular weight excluding hydrogens is 408 g/mol. The zero-order chi connectivity index (χ0) is 21.0. The summed E-state index contributed by atoms with van der Waals surface area (Å²) in [7, 11) is 0. The van der Waals surface area contributed by atoms with E-state index in [1.807, 2.05) is 51.1 Å². The molecule has 0 bridgehead atoms. The first-order valence-corrected chi connectivity index (χ1v) is 10.2. The maximum atomic E-state index is 13.4. The number of aromatic nitrogens is 2. The molecule has 6 nitrogen and oxygen atoms in total. The highest BCUT2D eigenvalue weighted by atomic mass is 35.5. The number of anilines is 1. The van der Waals surface area contributed by atoms with Crippen LogP contribution >= 0.6 is 23.1 Å². The Balaban J connectivity index is 2.15. The van der Waals surface area contributed by atoms with E-state index in [-0.39, 0.29) is 11.6 Å². The number of nitrogens with one attached hydrogen (secondary N) is 1. The summed E-state index contributed by atoms with van der Waals surface area (Å²) < 4.78 is 3.79. The molecular formula is C21H21ClN4O2S. The summed E-state index contributed by atoms with van der Waals surface area (Å²) in [6.45, 7) is 5.68. The first-order chi connectivity index (χ1) is 13.8. The largest absolute Gasteiger partial charge is 0.349 e. The first-order valence-electron chi connectivity index (χ1n) is 8.99. The lowest BCUT2D eigenvalue weighted by Gasteiger charge is -2.33. The van der Waals surface area contributed by atoms with E-state index >= 15 is 0 Å². The molecule has 0 aliphatic heterocycles.